The zero-order chi connectivity index (χ0) is 33.2. The summed E-state index contributed by atoms with van der Waals surface area (Å²) >= 11 is 0. The van der Waals surface area contributed by atoms with Crippen molar-refractivity contribution in [3.8, 4) is 16.9 Å². The zero-order valence-corrected chi connectivity index (χ0v) is 25.4. The van der Waals surface area contributed by atoms with Gasteiger partial charge in [-0.05, 0) is 60.1 Å². The van der Waals surface area contributed by atoms with Gasteiger partial charge in [0.15, 0.2) is 17.2 Å². The summed E-state index contributed by atoms with van der Waals surface area (Å²) < 4.78 is 4.95. The molecule has 7 N–H and O–H groups in total. The molecule has 11 nitrogen and oxygen atoms in total. The first kappa shape index (κ1) is 32.1. The lowest BCUT2D eigenvalue weighted by atomic mass is 9.39. The number of amides is 2. The number of ether oxygens (including phenoxy) is 1. The van der Waals surface area contributed by atoms with Crippen LogP contribution in [0, 0.1) is 28.6 Å². The number of phenolic OH excluding ortho intramolecular Hbond substituents is 1. The summed E-state index contributed by atoms with van der Waals surface area (Å²) in [5.41, 5.74) is 2.87. The Morgan fingerprint density at radius 2 is 1.78 bits per heavy atom. The molecule has 2 aromatic carbocycles. The number of phenols is 1. The van der Waals surface area contributed by atoms with Crippen molar-refractivity contribution in [2.45, 2.75) is 51.4 Å². The summed E-state index contributed by atoms with van der Waals surface area (Å²) in [7, 11) is 0. The summed E-state index contributed by atoms with van der Waals surface area (Å²) in [4.78, 5) is 52.4. The summed E-state index contributed by atoms with van der Waals surface area (Å²) in [6.45, 7) is 12.5. The topological polar surface area (TPSA) is 196 Å². The molecule has 2 amide bonds. The number of ketones is 2. The van der Waals surface area contributed by atoms with Crippen LogP contribution in [0.2, 0.25) is 0 Å². The van der Waals surface area contributed by atoms with Gasteiger partial charge in [0.2, 0.25) is 5.91 Å². The summed E-state index contributed by atoms with van der Waals surface area (Å²) in [5.74, 6) is -7.47. The standard InChI is InChI=1S/C34H38N2O9/c1-6-13-45-31(43)36-18-9-7-17(8-10-18)19-11-12-21(37)22-20(19)14-32(4)15-33(5)24(16(2)3)27(39)23(30(35)42)28(40)34(33,44)29(41)25(32)26(22)38/h6-12,23-25,27,29,37,39,41,44H,1-2,13-15H2,3-5H3,(H2,35,42)(H,36,43)/t23?,24-,25?,27?,29?,32+,33+,34-/m0/s1. The van der Waals surface area contributed by atoms with Crippen LogP contribution in [-0.4, -0.2) is 68.4 Å². The van der Waals surface area contributed by atoms with E-state index >= 15 is 0 Å². The fourth-order valence-electron chi connectivity index (χ4n) is 8.49. The van der Waals surface area contributed by atoms with Crippen molar-refractivity contribution in [1.82, 2.24) is 0 Å². The minimum Gasteiger partial charge on any atom is -0.507 e. The average molecular weight is 619 g/mol. The molecule has 0 bridgehead atoms. The van der Waals surface area contributed by atoms with Crippen LogP contribution in [0.15, 0.2) is 61.2 Å². The second-order valence-corrected chi connectivity index (χ2v) is 13.1. The highest BCUT2D eigenvalue weighted by atomic mass is 16.5. The molecule has 0 heterocycles. The monoisotopic (exact) mass is 618 g/mol. The summed E-state index contributed by atoms with van der Waals surface area (Å²) in [6.07, 6.45) is -2.65. The predicted molar refractivity (Wildman–Crippen MR) is 164 cm³/mol. The van der Waals surface area contributed by atoms with E-state index in [1.165, 1.54) is 12.1 Å². The Morgan fingerprint density at radius 3 is 2.36 bits per heavy atom. The van der Waals surface area contributed by atoms with Gasteiger partial charge in [-0.1, -0.05) is 56.9 Å². The second kappa shape index (κ2) is 10.9. The van der Waals surface area contributed by atoms with E-state index in [1.807, 2.05) is 0 Å². The maximum Gasteiger partial charge on any atom is 0.411 e. The number of anilines is 1. The third-order valence-electron chi connectivity index (χ3n) is 10.2. The van der Waals surface area contributed by atoms with Crippen LogP contribution in [0.3, 0.4) is 0 Å². The van der Waals surface area contributed by atoms with Gasteiger partial charge in [0.25, 0.3) is 0 Å². The van der Waals surface area contributed by atoms with Crippen molar-refractivity contribution in [3.05, 3.63) is 72.3 Å². The second-order valence-electron chi connectivity index (χ2n) is 13.1. The lowest BCUT2D eigenvalue weighted by Crippen LogP contribution is -2.78. The quantitative estimate of drug-likeness (QED) is 0.208. The van der Waals surface area contributed by atoms with Gasteiger partial charge in [0.1, 0.15) is 24.4 Å². The van der Waals surface area contributed by atoms with Crippen molar-refractivity contribution in [3.63, 3.8) is 0 Å². The molecule has 0 aliphatic heterocycles. The third kappa shape index (κ3) is 4.60. The van der Waals surface area contributed by atoms with Gasteiger partial charge in [-0.25, -0.2) is 4.79 Å². The number of Topliss-reactive ketones (excluding diaryl/α,β-unsaturated/α-hetero) is 2. The van der Waals surface area contributed by atoms with Crippen molar-refractivity contribution >= 4 is 29.3 Å². The van der Waals surface area contributed by atoms with Crippen LogP contribution in [0.1, 0.15) is 43.1 Å². The minimum absolute atomic E-state index is 0.0139. The molecule has 0 aromatic heterocycles. The predicted octanol–water partition coefficient (Wildman–Crippen LogP) is 2.89. The fraction of sp³-hybridized carbons (Fsp3) is 0.412. The molecule has 0 saturated heterocycles. The van der Waals surface area contributed by atoms with Gasteiger partial charge in [0.05, 0.1) is 17.6 Å². The highest BCUT2D eigenvalue weighted by Crippen LogP contribution is 2.65. The van der Waals surface area contributed by atoms with Crippen LogP contribution in [-0.2, 0) is 20.7 Å². The Bertz CT molecular complexity index is 1630. The number of fused-ring (bicyclic) bond motifs is 3. The van der Waals surface area contributed by atoms with E-state index in [0.717, 1.165) is 0 Å². The number of carbonyl (C=O) groups excluding carboxylic acids is 4. The van der Waals surface area contributed by atoms with E-state index < -0.39 is 70.0 Å². The third-order valence-corrected chi connectivity index (χ3v) is 10.2. The molecule has 4 unspecified atom stereocenters. The van der Waals surface area contributed by atoms with E-state index in [-0.39, 0.29) is 30.8 Å². The summed E-state index contributed by atoms with van der Waals surface area (Å²) in [6, 6.07) is 9.83. The molecule has 8 atom stereocenters. The number of nitrogens with one attached hydrogen (secondary N) is 1. The molecule has 3 aliphatic rings. The van der Waals surface area contributed by atoms with Gasteiger partial charge in [-0.2, -0.15) is 0 Å². The molecule has 238 valence electrons. The van der Waals surface area contributed by atoms with E-state index in [0.29, 0.717) is 28.0 Å². The minimum atomic E-state index is -2.63. The maximum atomic E-state index is 14.3. The smallest absolute Gasteiger partial charge is 0.411 e. The van der Waals surface area contributed by atoms with Crippen LogP contribution >= 0.6 is 0 Å². The molecule has 45 heavy (non-hydrogen) atoms. The Labute approximate surface area is 260 Å². The lowest BCUT2D eigenvalue weighted by Gasteiger charge is -2.65. The molecular weight excluding hydrogens is 580 g/mol. The van der Waals surface area contributed by atoms with Gasteiger partial charge in [-0.3, -0.25) is 19.7 Å². The zero-order valence-electron chi connectivity index (χ0n) is 25.4. The van der Waals surface area contributed by atoms with Crippen LogP contribution < -0.4 is 11.1 Å². The molecule has 2 aromatic rings. The molecule has 2 fully saturated rings. The first-order valence-corrected chi connectivity index (χ1v) is 14.6. The number of benzene rings is 2. The van der Waals surface area contributed by atoms with Crippen LogP contribution in [0.25, 0.3) is 11.1 Å². The van der Waals surface area contributed by atoms with Gasteiger partial charge in [0, 0.05) is 17.0 Å². The number of aliphatic hydroxyl groups is 3. The Hall–Kier alpha value is -4.32. The normalized spacial score (nSPS) is 33.7. The van der Waals surface area contributed by atoms with Gasteiger partial charge < -0.3 is 30.9 Å². The van der Waals surface area contributed by atoms with E-state index in [2.05, 4.69) is 18.5 Å². The Balaban J connectivity index is 1.61. The largest absolute Gasteiger partial charge is 0.507 e. The van der Waals surface area contributed by atoms with E-state index in [9.17, 15) is 39.6 Å². The highest BCUT2D eigenvalue weighted by molar-refractivity contribution is 6.09. The molecule has 5 rings (SSSR count). The van der Waals surface area contributed by atoms with Crippen molar-refractivity contribution in [2.75, 3.05) is 11.9 Å². The number of carbonyl (C=O) groups is 4. The summed E-state index contributed by atoms with van der Waals surface area (Å²) in [5, 5.41) is 48.9. The number of hydrogen-bond donors (Lipinski definition) is 6. The van der Waals surface area contributed by atoms with Crippen LogP contribution in [0.5, 0.6) is 5.75 Å². The van der Waals surface area contributed by atoms with Crippen molar-refractivity contribution in [2.24, 2.45) is 34.3 Å². The SMILES string of the molecule is C=CCOC(=O)Nc1ccc(-c2ccc(O)c3c2C[C@]2(C)C[C@]4(C)[C@@H](C(=C)C)C(O)C(C(N)=O)C(=O)[C@]4(O)C(O)C2C3=O)cc1. The number of aliphatic hydroxyl groups excluding tert-OH is 2. The number of hydrogen-bond acceptors (Lipinski definition) is 9. The van der Waals surface area contributed by atoms with Crippen LogP contribution in [0.4, 0.5) is 10.5 Å². The first-order valence-electron chi connectivity index (χ1n) is 14.6. The Kier molecular flexibility index (Phi) is 7.80. The van der Waals surface area contributed by atoms with E-state index in [1.54, 1.807) is 51.1 Å². The lowest BCUT2D eigenvalue weighted by molar-refractivity contribution is -0.255. The molecule has 2 saturated carbocycles. The molecular formula is C34H38N2O9. The fourth-order valence-corrected chi connectivity index (χ4v) is 8.49. The number of primary amides is 1. The van der Waals surface area contributed by atoms with E-state index in [4.69, 9.17) is 10.5 Å². The first-order chi connectivity index (χ1) is 21.0. The average Bonchev–Trinajstić information content (AvgIpc) is 2.94. The Morgan fingerprint density at radius 1 is 1.13 bits per heavy atom. The molecule has 11 heteroatoms. The van der Waals surface area contributed by atoms with Gasteiger partial charge in [-0.15, -0.1) is 0 Å². The van der Waals surface area contributed by atoms with Crippen molar-refractivity contribution < 1.29 is 44.3 Å². The van der Waals surface area contributed by atoms with Gasteiger partial charge >= 0.3 is 6.09 Å². The highest BCUT2D eigenvalue weighted by Gasteiger charge is 2.75. The molecule has 0 radical (unpaired) electrons. The van der Waals surface area contributed by atoms with Crippen molar-refractivity contribution in [1.29, 1.82) is 0 Å². The molecule has 0 spiro atoms. The number of rotatable bonds is 6. The number of nitrogens with two attached hydrogens (primary N) is 1. The number of aromatic hydroxyl groups is 1. The maximum absolute atomic E-state index is 14.3. The molecule has 3 aliphatic carbocycles.